The van der Waals surface area contributed by atoms with Gasteiger partial charge in [-0.15, -0.1) is 11.3 Å². The van der Waals surface area contributed by atoms with Crippen LogP contribution in [0.4, 0.5) is 0 Å². The molecule has 1 aliphatic heterocycles. The van der Waals surface area contributed by atoms with Crippen molar-refractivity contribution in [3.05, 3.63) is 68.9 Å². The number of aliphatic hydroxyl groups excluding tert-OH is 2. The molecule has 2 aromatic rings. The molecule has 1 aromatic carbocycles. The van der Waals surface area contributed by atoms with Crippen molar-refractivity contribution in [3.63, 3.8) is 0 Å². The van der Waals surface area contributed by atoms with Crippen LogP contribution in [0.2, 0.25) is 0 Å². The molecule has 1 aromatic heterocycles. The predicted molar refractivity (Wildman–Crippen MR) is 218 cm³/mol. The van der Waals surface area contributed by atoms with Gasteiger partial charge in [0.25, 0.3) is 5.91 Å². The summed E-state index contributed by atoms with van der Waals surface area (Å²) >= 11 is 1.17. The summed E-state index contributed by atoms with van der Waals surface area (Å²) in [5.41, 5.74) is -6.52. The summed E-state index contributed by atoms with van der Waals surface area (Å²) in [6, 6.07) is 6.47. The van der Waals surface area contributed by atoms with E-state index in [1.165, 1.54) is 64.7 Å². The number of Topliss-reactive ketones (excluding diaryl/α,β-unsaturated/α-hetero) is 1. The molecular weight excluding hydrogens is 815 g/mol. The SMILES string of the molecule is COc1ccc(OC)c(C(=O)O[C@H]2[C@@H]3[C@]4(OC(C)=O)CO[C@@H]4C[C@H](O)[C@@]3(C)C(=O)[C@H](OC)C3=C(C)[C@@H](OC(=O)[C@H](O)[C@H](C=C(C)C)NC(=O)c4cccs4)C[C@]2(O)C3(C)C)c1. The number of nitrogens with one attached hydrogen (secondary N) is 1. The molecule has 17 heteroatoms. The van der Waals surface area contributed by atoms with E-state index in [9.17, 15) is 34.5 Å². The van der Waals surface area contributed by atoms with Gasteiger partial charge >= 0.3 is 17.9 Å². The molecule has 2 bridgehead atoms. The monoisotopic (exact) mass is 869 g/mol. The number of rotatable bonds is 12. The second-order valence-electron chi connectivity index (χ2n) is 17.2. The third kappa shape index (κ3) is 7.56. The van der Waals surface area contributed by atoms with Gasteiger partial charge in [-0.3, -0.25) is 14.4 Å². The van der Waals surface area contributed by atoms with Gasteiger partial charge in [-0.2, -0.15) is 0 Å². The number of methoxy groups -OCH3 is 3. The highest BCUT2D eigenvalue weighted by Crippen LogP contribution is 2.64. The van der Waals surface area contributed by atoms with Gasteiger partial charge in [-0.05, 0) is 68.5 Å². The van der Waals surface area contributed by atoms with Crippen LogP contribution in [0.15, 0.2) is 58.5 Å². The van der Waals surface area contributed by atoms with E-state index in [1.54, 1.807) is 58.2 Å². The molecule has 16 nitrogen and oxygen atoms in total. The van der Waals surface area contributed by atoms with E-state index in [1.807, 2.05) is 0 Å². The fraction of sp³-hybridized carbons (Fsp3) is 0.568. The van der Waals surface area contributed by atoms with Crippen molar-refractivity contribution in [2.24, 2.45) is 16.7 Å². The molecule has 4 aliphatic rings. The van der Waals surface area contributed by atoms with Gasteiger partial charge in [0.05, 0.1) is 49.2 Å². The van der Waals surface area contributed by atoms with E-state index in [2.05, 4.69) is 5.32 Å². The number of hydrogen-bond donors (Lipinski definition) is 4. The molecule has 3 fully saturated rings. The number of esters is 3. The second-order valence-corrected chi connectivity index (χ2v) is 18.1. The first-order chi connectivity index (χ1) is 28.6. The van der Waals surface area contributed by atoms with Crippen LogP contribution in [-0.4, -0.2) is 127 Å². The largest absolute Gasteiger partial charge is 0.497 e. The highest BCUT2D eigenvalue weighted by molar-refractivity contribution is 7.12. The molecule has 1 saturated heterocycles. The van der Waals surface area contributed by atoms with Crippen LogP contribution in [0.1, 0.15) is 81.3 Å². The molecule has 2 heterocycles. The first kappa shape index (κ1) is 45.9. The van der Waals surface area contributed by atoms with E-state index in [0.29, 0.717) is 16.0 Å². The molecule has 1 amide bonds. The zero-order chi connectivity index (χ0) is 45.0. The number of carbonyl (C=O) groups is 5. The Morgan fingerprint density at radius 3 is 2.30 bits per heavy atom. The zero-order valence-corrected chi connectivity index (χ0v) is 36.7. The van der Waals surface area contributed by atoms with Gasteiger partial charge in [-0.25, -0.2) is 9.59 Å². The number of hydrogen-bond acceptors (Lipinski definition) is 16. The van der Waals surface area contributed by atoms with Gasteiger partial charge in [0, 0.05) is 32.3 Å². The molecule has 0 spiro atoms. The van der Waals surface area contributed by atoms with E-state index < -0.39 is 107 Å². The second kappa shape index (κ2) is 16.9. The smallest absolute Gasteiger partial charge is 0.342 e. The van der Waals surface area contributed by atoms with E-state index in [4.69, 9.17) is 33.2 Å². The highest BCUT2D eigenvalue weighted by atomic mass is 32.1. The van der Waals surface area contributed by atoms with Crippen LogP contribution < -0.4 is 14.8 Å². The Balaban J connectivity index is 1.54. The molecule has 6 rings (SSSR count). The number of ketones is 1. The van der Waals surface area contributed by atoms with Crippen LogP contribution in [0, 0.1) is 16.7 Å². The molecule has 4 N–H and O–H groups in total. The van der Waals surface area contributed by atoms with Gasteiger partial charge in [0.15, 0.2) is 17.5 Å². The van der Waals surface area contributed by atoms with Crippen LogP contribution >= 0.6 is 11.3 Å². The topological polar surface area (TPSA) is 223 Å². The normalized spacial score (nSPS) is 32.2. The molecule has 0 radical (unpaired) electrons. The maximum absolute atomic E-state index is 15.4. The highest BCUT2D eigenvalue weighted by Gasteiger charge is 2.78. The van der Waals surface area contributed by atoms with Crippen LogP contribution in [-0.2, 0) is 38.1 Å². The lowest BCUT2D eigenvalue weighted by molar-refractivity contribution is -0.346. The first-order valence-corrected chi connectivity index (χ1v) is 20.8. The van der Waals surface area contributed by atoms with Crippen molar-refractivity contribution in [2.45, 2.75) is 115 Å². The minimum atomic E-state index is -2.33. The number of carbonyl (C=O) groups excluding carboxylic acids is 5. The Morgan fingerprint density at radius 1 is 1.03 bits per heavy atom. The first-order valence-electron chi connectivity index (χ1n) is 19.9. The van der Waals surface area contributed by atoms with Gasteiger partial charge in [-0.1, -0.05) is 31.6 Å². The van der Waals surface area contributed by atoms with Crippen molar-refractivity contribution in [3.8, 4) is 11.5 Å². The summed E-state index contributed by atoms with van der Waals surface area (Å²) in [7, 11) is 4.04. The Hall–Kier alpha value is -4.65. The van der Waals surface area contributed by atoms with Crippen molar-refractivity contribution in [1.29, 1.82) is 0 Å². The van der Waals surface area contributed by atoms with Gasteiger partial charge < -0.3 is 53.8 Å². The van der Waals surface area contributed by atoms with Gasteiger partial charge in [0.1, 0.15) is 47.1 Å². The summed E-state index contributed by atoms with van der Waals surface area (Å²) in [6.45, 7) is 10.7. The number of aliphatic hydroxyl groups is 3. The lowest BCUT2D eigenvalue weighted by Gasteiger charge is -2.67. The standard InChI is InChI=1S/C44H55NO15S/c1-21(2)16-26(45-38(50)29-12-11-15-61-29)33(48)40(52)58-28-19-44(53)37(59-39(51)25-17-24(54-8)13-14-27(25)55-9)35-42(7,30(47)18-31-43(35,20-57-31)60-23(4)46)36(49)34(56-10)32(22(28)3)41(44,5)6/h11-17,26,28,30-31,33-35,37,47-48,53H,18-20H2,1-10H3,(H,45,50)/t26-,28-,30-,31+,33+,34+,35-,37-,42+,43-,44+/m0/s1. The Labute approximate surface area is 358 Å². The number of fused-ring (bicyclic) bond motifs is 5. The minimum Gasteiger partial charge on any atom is -0.497 e. The van der Waals surface area contributed by atoms with Crippen LogP contribution in [0.3, 0.4) is 0 Å². The molecular formula is C44H55NO15S. The average molecular weight is 870 g/mol. The average Bonchev–Trinajstić information content (AvgIpc) is 3.75. The number of ether oxygens (including phenoxy) is 7. The molecule has 11 atom stereocenters. The Bertz CT molecular complexity index is 2130. The maximum atomic E-state index is 15.4. The quantitative estimate of drug-likeness (QED) is 0.136. The number of amides is 1. The van der Waals surface area contributed by atoms with Gasteiger partial charge in [0.2, 0.25) is 0 Å². The fourth-order valence-electron chi connectivity index (χ4n) is 9.92. The summed E-state index contributed by atoms with van der Waals surface area (Å²) in [5.74, 6) is -5.31. The predicted octanol–water partition coefficient (Wildman–Crippen LogP) is 3.49. The summed E-state index contributed by atoms with van der Waals surface area (Å²) < 4.78 is 41.4. The molecule has 61 heavy (non-hydrogen) atoms. The molecule has 332 valence electrons. The Kier molecular flexibility index (Phi) is 12.7. The maximum Gasteiger partial charge on any atom is 0.342 e. The lowest BCUT2D eigenvalue weighted by atomic mass is 9.44. The van der Waals surface area contributed by atoms with Crippen molar-refractivity contribution < 1.29 is 72.5 Å². The van der Waals surface area contributed by atoms with Crippen molar-refractivity contribution in [1.82, 2.24) is 5.32 Å². The number of allylic oxidation sites excluding steroid dienone is 1. The molecule has 2 saturated carbocycles. The number of benzene rings is 1. The Morgan fingerprint density at radius 2 is 1.74 bits per heavy atom. The third-order valence-corrected chi connectivity index (χ3v) is 14.0. The van der Waals surface area contributed by atoms with Crippen LogP contribution in [0.25, 0.3) is 0 Å². The minimum absolute atomic E-state index is 0.0855. The lowest BCUT2D eigenvalue weighted by Crippen LogP contribution is -2.81. The third-order valence-electron chi connectivity index (χ3n) is 13.1. The van der Waals surface area contributed by atoms with E-state index >= 15 is 4.79 Å². The summed E-state index contributed by atoms with van der Waals surface area (Å²) in [4.78, 5) is 70.6. The van der Waals surface area contributed by atoms with Crippen molar-refractivity contribution in [2.75, 3.05) is 27.9 Å². The van der Waals surface area contributed by atoms with E-state index in [0.717, 1.165) is 0 Å². The van der Waals surface area contributed by atoms with Crippen molar-refractivity contribution >= 4 is 40.9 Å². The number of thiophene rings is 1. The summed E-state index contributed by atoms with van der Waals surface area (Å²) in [5, 5.41) is 41.7. The zero-order valence-electron chi connectivity index (χ0n) is 35.9. The fourth-order valence-corrected chi connectivity index (χ4v) is 10.5. The van der Waals surface area contributed by atoms with Crippen LogP contribution in [0.5, 0.6) is 11.5 Å². The molecule has 0 unspecified atom stereocenters. The van der Waals surface area contributed by atoms with E-state index in [-0.39, 0.29) is 35.7 Å². The summed E-state index contributed by atoms with van der Waals surface area (Å²) in [6.07, 6.45) is -8.27. The molecule has 3 aliphatic carbocycles.